The van der Waals surface area contributed by atoms with Crippen molar-refractivity contribution in [2.75, 3.05) is 12.3 Å². The average molecular weight is 144 g/mol. The van der Waals surface area contributed by atoms with Gasteiger partial charge < -0.3 is 21.1 Å². The van der Waals surface area contributed by atoms with Gasteiger partial charge >= 0.3 is 0 Å². The summed E-state index contributed by atoms with van der Waals surface area (Å²) in [7, 11) is 0. The third-order valence-electron chi connectivity index (χ3n) is 0.971. The van der Waals surface area contributed by atoms with Crippen molar-refractivity contribution < 1.29 is 9.63 Å². The summed E-state index contributed by atoms with van der Waals surface area (Å²) >= 11 is 0. The number of rotatable bonds is 2. The number of aliphatic hydroxyl groups is 1. The third kappa shape index (κ3) is 1.23. The minimum absolute atomic E-state index is 0.0268. The molecule has 1 rings (SSSR count). The van der Waals surface area contributed by atoms with Gasteiger partial charge in [0.1, 0.15) is 6.04 Å². The molecule has 10 heavy (non-hydrogen) atoms. The fraction of sp³-hybridized carbons (Fsp3) is 0.500. The lowest BCUT2D eigenvalue weighted by Crippen LogP contribution is -2.14. The van der Waals surface area contributed by atoms with Crippen molar-refractivity contribution >= 4 is 5.95 Å². The van der Waals surface area contributed by atoms with Gasteiger partial charge in [0, 0.05) is 0 Å². The summed E-state index contributed by atoms with van der Waals surface area (Å²) in [5.41, 5.74) is 10.4. The molecule has 6 nitrogen and oxygen atoms in total. The maximum Gasteiger partial charge on any atom is 0.260 e. The van der Waals surface area contributed by atoms with Gasteiger partial charge in [-0.1, -0.05) is 0 Å². The molecule has 0 aromatic carbocycles. The second-order valence-electron chi connectivity index (χ2n) is 1.78. The Hall–Kier alpha value is -1.14. The molecule has 0 saturated heterocycles. The van der Waals surface area contributed by atoms with Crippen LogP contribution in [0.15, 0.2) is 4.52 Å². The predicted molar refractivity (Wildman–Crippen MR) is 32.7 cm³/mol. The summed E-state index contributed by atoms with van der Waals surface area (Å²) in [6, 6.07) is -0.634. The SMILES string of the molecule is Nc1noc([C@@H](N)CO)n1. The smallest absolute Gasteiger partial charge is 0.260 e. The van der Waals surface area contributed by atoms with Gasteiger partial charge in [-0.2, -0.15) is 4.98 Å². The third-order valence-corrected chi connectivity index (χ3v) is 0.971. The van der Waals surface area contributed by atoms with Crippen molar-refractivity contribution in [3.63, 3.8) is 0 Å². The van der Waals surface area contributed by atoms with Crippen LogP contribution in [0.25, 0.3) is 0 Å². The summed E-state index contributed by atoms with van der Waals surface area (Å²) in [6.45, 7) is -0.234. The predicted octanol–water partition coefficient (Wildman–Crippen LogP) is -1.36. The van der Waals surface area contributed by atoms with Crippen LogP contribution in [0.4, 0.5) is 5.95 Å². The normalized spacial score (nSPS) is 13.4. The van der Waals surface area contributed by atoms with E-state index in [1.54, 1.807) is 0 Å². The second-order valence-corrected chi connectivity index (χ2v) is 1.78. The minimum Gasteiger partial charge on any atom is -0.394 e. The molecule has 0 amide bonds. The molecule has 1 atom stereocenters. The van der Waals surface area contributed by atoms with Crippen molar-refractivity contribution in [2.45, 2.75) is 6.04 Å². The van der Waals surface area contributed by atoms with Crippen LogP contribution in [0.5, 0.6) is 0 Å². The molecule has 56 valence electrons. The number of hydrogen-bond acceptors (Lipinski definition) is 6. The molecule has 0 fully saturated rings. The highest BCUT2D eigenvalue weighted by Crippen LogP contribution is 2.05. The Morgan fingerprint density at radius 3 is 2.80 bits per heavy atom. The number of nitrogens with two attached hydrogens (primary N) is 2. The van der Waals surface area contributed by atoms with E-state index in [2.05, 4.69) is 14.7 Å². The molecule has 0 spiro atoms. The van der Waals surface area contributed by atoms with Crippen molar-refractivity contribution in [1.29, 1.82) is 0 Å². The number of hydrogen-bond donors (Lipinski definition) is 3. The summed E-state index contributed by atoms with van der Waals surface area (Å²) in [5.74, 6) is 0.180. The molecule has 6 heteroatoms. The van der Waals surface area contributed by atoms with Crippen molar-refractivity contribution in [3.8, 4) is 0 Å². The van der Waals surface area contributed by atoms with Crippen LogP contribution in [0.1, 0.15) is 11.9 Å². The van der Waals surface area contributed by atoms with Crippen LogP contribution < -0.4 is 11.5 Å². The van der Waals surface area contributed by atoms with E-state index in [0.717, 1.165) is 0 Å². The zero-order chi connectivity index (χ0) is 7.56. The first-order chi connectivity index (χ1) is 4.74. The highest BCUT2D eigenvalue weighted by molar-refractivity contribution is 5.11. The zero-order valence-corrected chi connectivity index (χ0v) is 5.19. The molecular formula is C4H8N4O2. The van der Waals surface area contributed by atoms with Crippen LogP contribution in [0.2, 0.25) is 0 Å². The van der Waals surface area contributed by atoms with Gasteiger partial charge in [0.25, 0.3) is 5.95 Å². The Morgan fingerprint density at radius 2 is 2.40 bits per heavy atom. The Morgan fingerprint density at radius 1 is 1.70 bits per heavy atom. The van der Waals surface area contributed by atoms with E-state index in [1.165, 1.54) is 0 Å². The van der Waals surface area contributed by atoms with Gasteiger partial charge in [0.2, 0.25) is 5.89 Å². The summed E-state index contributed by atoms with van der Waals surface area (Å²) in [6.07, 6.45) is 0. The van der Waals surface area contributed by atoms with E-state index in [1.807, 2.05) is 0 Å². The van der Waals surface area contributed by atoms with Gasteiger partial charge in [-0.05, 0) is 5.16 Å². The van der Waals surface area contributed by atoms with E-state index < -0.39 is 6.04 Å². The van der Waals surface area contributed by atoms with E-state index >= 15 is 0 Å². The van der Waals surface area contributed by atoms with E-state index in [9.17, 15) is 0 Å². The van der Waals surface area contributed by atoms with Crippen molar-refractivity contribution in [2.24, 2.45) is 5.73 Å². The number of nitrogens with zero attached hydrogens (tertiary/aromatic N) is 2. The van der Waals surface area contributed by atoms with Crippen molar-refractivity contribution in [3.05, 3.63) is 5.89 Å². The highest BCUT2D eigenvalue weighted by atomic mass is 16.5. The topological polar surface area (TPSA) is 111 Å². The molecule has 1 aromatic rings. The molecule has 1 heterocycles. The molecule has 0 bridgehead atoms. The Bertz CT molecular complexity index is 211. The Balaban J connectivity index is 2.74. The summed E-state index contributed by atoms with van der Waals surface area (Å²) < 4.78 is 4.55. The average Bonchev–Trinajstić information content (AvgIpc) is 2.34. The second kappa shape index (κ2) is 2.63. The molecule has 1 aromatic heterocycles. The number of aliphatic hydroxyl groups excluding tert-OH is 1. The standard InChI is InChI=1S/C4H8N4O2/c5-2(1-9)3-7-4(6)8-10-3/h2,9H,1,5H2,(H2,6,8)/t2-/m0/s1. The van der Waals surface area contributed by atoms with Crippen LogP contribution >= 0.6 is 0 Å². The Labute approximate surface area is 56.8 Å². The van der Waals surface area contributed by atoms with E-state index in [-0.39, 0.29) is 18.4 Å². The van der Waals surface area contributed by atoms with E-state index in [0.29, 0.717) is 0 Å². The summed E-state index contributed by atoms with van der Waals surface area (Å²) in [4.78, 5) is 3.60. The lowest BCUT2D eigenvalue weighted by Gasteiger charge is -1.97. The van der Waals surface area contributed by atoms with Crippen LogP contribution in [-0.2, 0) is 0 Å². The number of nitrogen functional groups attached to an aromatic ring is 1. The highest BCUT2D eigenvalue weighted by Gasteiger charge is 2.11. The number of anilines is 1. The van der Waals surface area contributed by atoms with E-state index in [4.69, 9.17) is 16.6 Å². The maximum absolute atomic E-state index is 8.50. The monoisotopic (exact) mass is 144 g/mol. The van der Waals surface area contributed by atoms with Gasteiger partial charge in [-0.3, -0.25) is 0 Å². The molecular weight excluding hydrogens is 136 g/mol. The minimum atomic E-state index is -0.634. The first-order valence-electron chi connectivity index (χ1n) is 2.69. The quantitative estimate of drug-likeness (QED) is 0.473. The first-order valence-corrected chi connectivity index (χ1v) is 2.69. The van der Waals surface area contributed by atoms with Crippen molar-refractivity contribution in [1.82, 2.24) is 10.1 Å². The molecule has 0 aliphatic heterocycles. The zero-order valence-electron chi connectivity index (χ0n) is 5.19. The molecule has 0 aliphatic rings. The van der Waals surface area contributed by atoms with Gasteiger partial charge in [-0.25, -0.2) is 0 Å². The van der Waals surface area contributed by atoms with Gasteiger partial charge in [-0.15, -0.1) is 0 Å². The molecule has 0 aliphatic carbocycles. The molecule has 0 radical (unpaired) electrons. The number of aromatic nitrogens is 2. The maximum atomic E-state index is 8.50. The Kier molecular flexibility index (Phi) is 1.83. The summed E-state index contributed by atoms with van der Waals surface area (Å²) in [5, 5.41) is 11.8. The van der Waals surface area contributed by atoms with Crippen LogP contribution in [0, 0.1) is 0 Å². The van der Waals surface area contributed by atoms with Crippen LogP contribution in [0.3, 0.4) is 0 Å². The molecule has 0 saturated carbocycles. The fourth-order valence-corrected chi connectivity index (χ4v) is 0.476. The van der Waals surface area contributed by atoms with Crippen LogP contribution in [-0.4, -0.2) is 21.9 Å². The van der Waals surface area contributed by atoms with Gasteiger partial charge in [0.05, 0.1) is 6.61 Å². The lowest BCUT2D eigenvalue weighted by molar-refractivity contribution is 0.237. The van der Waals surface area contributed by atoms with Gasteiger partial charge in [0.15, 0.2) is 0 Å². The largest absolute Gasteiger partial charge is 0.394 e. The molecule has 0 unspecified atom stereocenters. The first kappa shape index (κ1) is 6.97. The lowest BCUT2D eigenvalue weighted by atomic mass is 10.3. The molecule has 5 N–H and O–H groups in total. The fourth-order valence-electron chi connectivity index (χ4n) is 0.476.